The van der Waals surface area contributed by atoms with E-state index in [9.17, 15) is 41.7 Å². The number of unbranched alkanes of at least 4 members (excludes halogenated alkanes) is 1. The lowest BCUT2D eigenvalue weighted by atomic mass is 9.89. The van der Waals surface area contributed by atoms with E-state index in [0.29, 0.717) is 19.3 Å². The Morgan fingerprint density at radius 2 is 1.97 bits per heavy atom. The van der Waals surface area contributed by atoms with Gasteiger partial charge in [0, 0.05) is 23.6 Å². The Labute approximate surface area is 220 Å². The molecule has 0 spiro atoms. The number of hydrogen-bond acceptors (Lipinski definition) is 7. The van der Waals surface area contributed by atoms with Crippen molar-refractivity contribution in [3.8, 4) is 0 Å². The highest BCUT2D eigenvalue weighted by atomic mass is 127. The van der Waals surface area contributed by atoms with Crippen molar-refractivity contribution in [2.75, 3.05) is 0 Å². The van der Waals surface area contributed by atoms with Gasteiger partial charge in [-0.3, -0.25) is 4.79 Å². The van der Waals surface area contributed by atoms with Crippen LogP contribution in [0.4, 0.5) is 13.2 Å². The molecule has 1 aliphatic carbocycles. The van der Waals surface area contributed by atoms with E-state index in [1.807, 2.05) is 12.1 Å². The van der Waals surface area contributed by atoms with Crippen LogP contribution in [0.2, 0.25) is 0 Å². The largest absolute Gasteiger partial charge is 0.516 e. The van der Waals surface area contributed by atoms with E-state index in [0.717, 1.165) is 11.1 Å². The molecule has 0 bridgehead atoms. The first-order valence-electron chi connectivity index (χ1n) is 11.0. The molecule has 1 aromatic heterocycles. The molecule has 0 aliphatic heterocycles. The summed E-state index contributed by atoms with van der Waals surface area (Å²) in [5.41, 5.74) is -5.54. The van der Waals surface area contributed by atoms with Gasteiger partial charge in [-0.25, -0.2) is 4.72 Å². The highest BCUT2D eigenvalue weighted by molar-refractivity contribution is 14.1. The van der Waals surface area contributed by atoms with Crippen molar-refractivity contribution >= 4 is 49.9 Å². The van der Waals surface area contributed by atoms with E-state index in [1.165, 1.54) is 7.76 Å². The molecule has 0 saturated heterocycles. The number of carbonyl (C=O) groups excluding carboxylic acids is 1. The third-order valence-electron chi connectivity index (χ3n) is 5.69. The highest BCUT2D eigenvalue weighted by Crippen LogP contribution is 2.36. The molecule has 5 atom stereocenters. The Bertz CT molecular complexity index is 996. The number of aliphatic hydroxyl groups excluding tert-OH is 3. The zero-order valence-electron chi connectivity index (χ0n) is 18.7. The van der Waals surface area contributed by atoms with Gasteiger partial charge in [0.1, 0.15) is 0 Å². The van der Waals surface area contributed by atoms with Gasteiger partial charge in [0.2, 0.25) is 5.91 Å². The van der Waals surface area contributed by atoms with Crippen LogP contribution in [0.1, 0.15) is 43.4 Å². The molecule has 198 valence electrons. The summed E-state index contributed by atoms with van der Waals surface area (Å²) in [6.45, 7) is 0. The van der Waals surface area contributed by atoms with Gasteiger partial charge in [-0.05, 0) is 72.7 Å². The monoisotopic (exact) mass is 651 g/mol. The zero-order chi connectivity index (χ0) is 26.2. The van der Waals surface area contributed by atoms with Gasteiger partial charge >= 0.3 is 15.5 Å². The number of alkyl halides is 3. The van der Waals surface area contributed by atoms with E-state index in [1.54, 1.807) is 35.6 Å². The number of sulfonamides is 1. The molecule has 1 fully saturated rings. The number of aliphatic hydroxyl groups is 3. The lowest BCUT2D eigenvalue weighted by Gasteiger charge is -2.19. The molecular weight excluding hydrogens is 622 g/mol. The van der Waals surface area contributed by atoms with Crippen LogP contribution in [0.3, 0.4) is 0 Å². The predicted octanol–water partition coefficient (Wildman–Crippen LogP) is 3.64. The molecule has 2 rings (SSSR count). The first-order chi connectivity index (χ1) is 16.3. The molecule has 0 aromatic carbocycles. The average molecular weight is 652 g/mol. The standard InChI is InChI=1S/C22H29F3INO6S2/c23-22(24,25)35(32,33)27-21(31)6-4-2-1-3-5-16-17(19(30)13-18(16)29)11-8-14(28)7-9-15-10-12-20(26)34-15/h1,3,8,10-12,14,16-19,28-30H,2,4-7,9,13H2,(H,27,31)/b3-1-,11-8+/t14-,16+,17+,18-,19+/m0/s1. The molecule has 1 aromatic rings. The summed E-state index contributed by atoms with van der Waals surface area (Å²) < 4.78 is 60.7. The first-order valence-corrected chi connectivity index (χ1v) is 14.4. The molecule has 1 saturated carbocycles. The maximum absolute atomic E-state index is 12.3. The first kappa shape index (κ1) is 30.2. The van der Waals surface area contributed by atoms with E-state index >= 15 is 0 Å². The Kier molecular flexibility index (Phi) is 11.7. The minimum atomic E-state index is -5.69. The molecule has 13 heteroatoms. The van der Waals surface area contributed by atoms with Crippen LogP contribution in [0, 0.1) is 14.7 Å². The number of halogens is 4. The van der Waals surface area contributed by atoms with Crippen molar-refractivity contribution in [3.05, 3.63) is 44.2 Å². The number of carbonyl (C=O) groups is 1. The van der Waals surface area contributed by atoms with Gasteiger partial charge < -0.3 is 15.3 Å². The minimum Gasteiger partial charge on any atom is -0.393 e. The molecule has 35 heavy (non-hydrogen) atoms. The Morgan fingerprint density at radius 3 is 2.60 bits per heavy atom. The molecule has 4 N–H and O–H groups in total. The second-order valence-corrected chi connectivity index (χ2v) is 13.1. The molecule has 0 unspecified atom stereocenters. The van der Waals surface area contributed by atoms with Crippen LogP contribution >= 0.6 is 33.9 Å². The van der Waals surface area contributed by atoms with E-state index in [2.05, 4.69) is 22.6 Å². The third-order valence-corrected chi connectivity index (χ3v) is 8.75. The van der Waals surface area contributed by atoms with Gasteiger partial charge in [-0.1, -0.05) is 24.3 Å². The lowest BCUT2D eigenvalue weighted by Crippen LogP contribution is -2.40. The highest BCUT2D eigenvalue weighted by Gasteiger charge is 2.46. The summed E-state index contributed by atoms with van der Waals surface area (Å²) in [5.74, 6) is -1.85. The number of hydrogen-bond donors (Lipinski definition) is 4. The van der Waals surface area contributed by atoms with E-state index < -0.39 is 46.2 Å². The second kappa shape index (κ2) is 13.5. The SMILES string of the molecule is O=C(CCC/C=C\C[C@@H]1[C@@H](/C=C/[C@@H](O)CCc2ccc(I)s2)[C@H](O)C[C@@H]1O)NS(=O)(=O)C(F)(F)F. The molecule has 1 amide bonds. The van der Waals surface area contributed by atoms with Crippen molar-refractivity contribution in [1.29, 1.82) is 0 Å². The fourth-order valence-corrected chi connectivity index (χ4v) is 6.13. The van der Waals surface area contributed by atoms with Gasteiger partial charge in [0.05, 0.1) is 21.2 Å². The van der Waals surface area contributed by atoms with Gasteiger partial charge in [0.25, 0.3) is 0 Å². The van der Waals surface area contributed by atoms with Gasteiger partial charge in [-0.15, -0.1) is 11.3 Å². The van der Waals surface area contributed by atoms with E-state index in [-0.39, 0.29) is 24.7 Å². The predicted molar refractivity (Wildman–Crippen MR) is 135 cm³/mol. The molecule has 7 nitrogen and oxygen atoms in total. The number of thiophene rings is 1. The van der Waals surface area contributed by atoms with Crippen LogP contribution in [-0.2, 0) is 21.2 Å². The average Bonchev–Trinajstić information content (AvgIpc) is 3.28. The summed E-state index contributed by atoms with van der Waals surface area (Å²) in [4.78, 5) is 12.6. The topological polar surface area (TPSA) is 124 Å². The lowest BCUT2D eigenvalue weighted by molar-refractivity contribution is -0.120. The number of allylic oxidation sites excluding steroid dienone is 2. The van der Waals surface area contributed by atoms with Crippen LogP contribution in [-0.4, -0.2) is 53.5 Å². The maximum Gasteiger partial charge on any atom is 0.516 e. The number of nitrogens with one attached hydrogen (secondary N) is 1. The summed E-state index contributed by atoms with van der Waals surface area (Å²) in [6, 6.07) is 4.05. The number of aryl methyl sites for hydroxylation is 1. The van der Waals surface area contributed by atoms with Crippen LogP contribution in [0.5, 0.6) is 0 Å². The summed E-state index contributed by atoms with van der Waals surface area (Å²) in [6.07, 6.45) is 6.68. The van der Waals surface area contributed by atoms with Crippen molar-refractivity contribution in [2.45, 2.75) is 68.8 Å². The fourth-order valence-electron chi connectivity index (χ4n) is 3.85. The van der Waals surface area contributed by atoms with Crippen molar-refractivity contribution in [3.63, 3.8) is 0 Å². The minimum absolute atomic E-state index is 0.143. The second-order valence-electron chi connectivity index (χ2n) is 8.38. The number of amides is 1. The Hall–Kier alpha value is -1.00. The zero-order valence-corrected chi connectivity index (χ0v) is 22.5. The van der Waals surface area contributed by atoms with Crippen LogP contribution < -0.4 is 4.72 Å². The third kappa shape index (κ3) is 9.76. The molecule has 1 heterocycles. The normalized spacial score (nSPS) is 24.4. The number of rotatable bonds is 12. The van der Waals surface area contributed by atoms with Crippen molar-refractivity contribution in [2.24, 2.45) is 11.8 Å². The van der Waals surface area contributed by atoms with Crippen molar-refractivity contribution in [1.82, 2.24) is 4.72 Å². The maximum atomic E-state index is 12.3. The molecule has 1 aliphatic rings. The summed E-state index contributed by atoms with van der Waals surface area (Å²) >= 11 is 3.91. The van der Waals surface area contributed by atoms with E-state index in [4.69, 9.17) is 0 Å². The quantitative estimate of drug-likeness (QED) is 0.156. The Balaban J connectivity index is 1.77. The molecular formula is C22H29F3INO6S2. The van der Waals surface area contributed by atoms with Gasteiger partial charge in [-0.2, -0.15) is 21.6 Å². The smallest absolute Gasteiger partial charge is 0.393 e. The summed E-state index contributed by atoms with van der Waals surface area (Å²) in [5, 5.41) is 30.9. The molecule has 0 radical (unpaired) electrons. The van der Waals surface area contributed by atoms with Crippen LogP contribution in [0.15, 0.2) is 36.4 Å². The van der Waals surface area contributed by atoms with Crippen molar-refractivity contribution < 1.29 is 41.7 Å². The summed E-state index contributed by atoms with van der Waals surface area (Å²) in [7, 11) is -5.69. The Morgan fingerprint density at radius 1 is 1.26 bits per heavy atom. The fraction of sp³-hybridized carbons (Fsp3) is 0.591. The van der Waals surface area contributed by atoms with Gasteiger partial charge in [0.15, 0.2) is 0 Å². The van der Waals surface area contributed by atoms with Crippen LogP contribution in [0.25, 0.3) is 0 Å².